The topological polar surface area (TPSA) is 50.8 Å². The quantitative estimate of drug-likeness (QED) is 0.835. The fourth-order valence-electron chi connectivity index (χ4n) is 2.71. The maximum absolute atomic E-state index is 12.3. The van der Waals surface area contributed by atoms with Crippen LogP contribution in [0, 0.1) is 0 Å². The lowest BCUT2D eigenvalue weighted by Gasteiger charge is -2.32. The summed E-state index contributed by atoms with van der Waals surface area (Å²) in [6.07, 6.45) is 0. The van der Waals surface area contributed by atoms with Crippen LogP contribution in [-0.4, -0.2) is 53.8 Å². The molecule has 0 bridgehead atoms. The highest BCUT2D eigenvalue weighted by Gasteiger charge is 2.51. The summed E-state index contributed by atoms with van der Waals surface area (Å²) in [6.45, 7) is 9.74. The predicted molar refractivity (Wildman–Crippen MR) is 100 cm³/mol. The fourth-order valence-corrected chi connectivity index (χ4v) is 3.61. The van der Waals surface area contributed by atoms with Gasteiger partial charge in [0.1, 0.15) is 0 Å². The summed E-state index contributed by atoms with van der Waals surface area (Å²) < 4.78 is 12.2. The lowest BCUT2D eigenvalue weighted by atomic mass is 9.79. The zero-order chi connectivity index (χ0) is 17.4. The molecule has 2 heterocycles. The van der Waals surface area contributed by atoms with Gasteiger partial charge >= 0.3 is 13.1 Å². The molecule has 1 aromatic carbocycles. The molecular weight excluding hydrogens is 323 g/mol. The summed E-state index contributed by atoms with van der Waals surface area (Å²) in [7, 11) is -0.418. The van der Waals surface area contributed by atoms with Crippen LogP contribution in [0.1, 0.15) is 27.7 Å². The molecule has 5 nitrogen and oxygen atoms in total. The Bertz CT molecular complexity index is 602. The first kappa shape index (κ1) is 17.6. The highest BCUT2D eigenvalue weighted by molar-refractivity contribution is 7.99. The molecule has 0 aromatic heterocycles. The Kier molecular flexibility index (Phi) is 4.86. The molecule has 0 spiro atoms. The van der Waals surface area contributed by atoms with Gasteiger partial charge in [0.15, 0.2) is 0 Å². The fraction of sp³-hybridized carbons (Fsp3) is 0.588. The van der Waals surface area contributed by atoms with Gasteiger partial charge in [-0.25, -0.2) is 4.79 Å². The Hall–Kier alpha value is -1.18. The minimum atomic E-state index is -0.418. The van der Waals surface area contributed by atoms with Crippen molar-refractivity contribution in [2.24, 2.45) is 0 Å². The van der Waals surface area contributed by atoms with Gasteiger partial charge in [-0.3, -0.25) is 0 Å². The number of rotatable bonds is 2. The van der Waals surface area contributed by atoms with Gasteiger partial charge in [-0.2, -0.15) is 11.8 Å². The number of thioether (sulfide) groups is 1. The predicted octanol–water partition coefficient (Wildman–Crippen LogP) is 2.57. The van der Waals surface area contributed by atoms with Crippen molar-refractivity contribution < 1.29 is 14.1 Å². The third-order valence-corrected chi connectivity index (χ3v) is 5.90. The van der Waals surface area contributed by atoms with Gasteiger partial charge in [0, 0.05) is 30.3 Å². The van der Waals surface area contributed by atoms with Crippen molar-refractivity contribution in [1.82, 2.24) is 4.90 Å². The van der Waals surface area contributed by atoms with E-state index in [1.807, 2.05) is 68.6 Å². The molecule has 0 aliphatic carbocycles. The molecule has 0 saturated carbocycles. The Morgan fingerprint density at radius 1 is 1.17 bits per heavy atom. The van der Waals surface area contributed by atoms with Crippen molar-refractivity contribution in [1.29, 1.82) is 0 Å². The summed E-state index contributed by atoms with van der Waals surface area (Å²) in [6, 6.07) is 7.67. The summed E-state index contributed by atoms with van der Waals surface area (Å²) in [5.74, 6) is 2.00. The average molecular weight is 348 g/mol. The van der Waals surface area contributed by atoms with Crippen molar-refractivity contribution in [3.8, 4) is 0 Å². The minimum Gasteiger partial charge on any atom is -0.399 e. The van der Waals surface area contributed by atoms with Gasteiger partial charge < -0.3 is 19.5 Å². The molecule has 24 heavy (non-hydrogen) atoms. The van der Waals surface area contributed by atoms with Gasteiger partial charge in [0.05, 0.1) is 11.2 Å². The largest absolute Gasteiger partial charge is 0.494 e. The zero-order valence-corrected chi connectivity index (χ0v) is 15.6. The first-order valence-corrected chi connectivity index (χ1v) is 9.53. The van der Waals surface area contributed by atoms with Crippen LogP contribution in [-0.2, 0) is 9.31 Å². The summed E-state index contributed by atoms with van der Waals surface area (Å²) >= 11 is 1.89. The summed E-state index contributed by atoms with van der Waals surface area (Å²) in [5.41, 5.74) is 0.941. The monoisotopic (exact) mass is 348 g/mol. The van der Waals surface area contributed by atoms with E-state index in [1.54, 1.807) is 0 Å². The highest BCUT2D eigenvalue weighted by atomic mass is 32.2. The standard InChI is InChI=1S/C17H25BN2O3S/c1-16(2)17(3,4)23-18(22-16)13-6-5-7-14(12-13)19-15(21)20-8-10-24-11-9-20/h5-7,12H,8-11H2,1-4H3,(H,19,21). The highest BCUT2D eigenvalue weighted by Crippen LogP contribution is 2.36. The smallest absolute Gasteiger partial charge is 0.399 e. The maximum Gasteiger partial charge on any atom is 0.494 e. The van der Waals surface area contributed by atoms with E-state index in [0.29, 0.717) is 0 Å². The molecule has 2 amide bonds. The molecule has 2 aliphatic heterocycles. The van der Waals surface area contributed by atoms with Gasteiger partial charge in [-0.1, -0.05) is 12.1 Å². The normalized spacial score (nSPS) is 22.5. The van der Waals surface area contributed by atoms with E-state index >= 15 is 0 Å². The molecule has 2 saturated heterocycles. The first-order chi connectivity index (χ1) is 11.3. The number of hydrogen-bond donors (Lipinski definition) is 1. The number of urea groups is 1. The number of nitrogens with one attached hydrogen (secondary N) is 1. The van der Waals surface area contributed by atoms with E-state index in [2.05, 4.69) is 5.32 Å². The van der Waals surface area contributed by atoms with E-state index < -0.39 is 7.12 Å². The van der Waals surface area contributed by atoms with Crippen LogP contribution in [0.15, 0.2) is 24.3 Å². The molecule has 1 aromatic rings. The van der Waals surface area contributed by atoms with Crippen molar-refractivity contribution in [3.05, 3.63) is 24.3 Å². The average Bonchev–Trinajstić information content (AvgIpc) is 2.76. The molecule has 7 heteroatoms. The Morgan fingerprint density at radius 3 is 2.42 bits per heavy atom. The molecule has 0 atom stereocenters. The van der Waals surface area contributed by atoms with Crippen LogP contribution in [0.3, 0.4) is 0 Å². The first-order valence-electron chi connectivity index (χ1n) is 8.38. The second-order valence-electron chi connectivity index (χ2n) is 7.24. The van der Waals surface area contributed by atoms with Gasteiger partial charge in [-0.05, 0) is 45.3 Å². The van der Waals surface area contributed by atoms with Gasteiger partial charge in [-0.15, -0.1) is 0 Å². The van der Waals surface area contributed by atoms with E-state index in [4.69, 9.17) is 9.31 Å². The van der Waals surface area contributed by atoms with Crippen LogP contribution >= 0.6 is 11.8 Å². The van der Waals surface area contributed by atoms with Crippen molar-refractivity contribution in [3.63, 3.8) is 0 Å². The van der Waals surface area contributed by atoms with Crippen LogP contribution in [0.4, 0.5) is 10.5 Å². The number of amides is 2. The number of hydrogen-bond acceptors (Lipinski definition) is 4. The summed E-state index contributed by atoms with van der Waals surface area (Å²) in [4.78, 5) is 14.2. The van der Waals surface area contributed by atoms with E-state index in [1.165, 1.54) is 0 Å². The molecule has 0 unspecified atom stereocenters. The third-order valence-electron chi connectivity index (χ3n) is 4.96. The van der Waals surface area contributed by atoms with Gasteiger partial charge in [0.25, 0.3) is 0 Å². The molecule has 2 fully saturated rings. The molecule has 130 valence electrons. The van der Waals surface area contributed by atoms with Gasteiger partial charge in [0.2, 0.25) is 0 Å². The zero-order valence-electron chi connectivity index (χ0n) is 14.8. The third kappa shape index (κ3) is 3.58. The number of carbonyl (C=O) groups is 1. The lowest BCUT2D eigenvalue weighted by Crippen LogP contribution is -2.41. The number of carbonyl (C=O) groups excluding carboxylic acids is 1. The molecule has 2 aliphatic rings. The molecule has 1 N–H and O–H groups in total. The molecule has 0 radical (unpaired) electrons. The van der Waals surface area contributed by atoms with Crippen LogP contribution in [0.25, 0.3) is 0 Å². The van der Waals surface area contributed by atoms with E-state index in [0.717, 1.165) is 35.7 Å². The number of nitrogens with zero attached hydrogens (tertiary/aromatic N) is 1. The van der Waals surface area contributed by atoms with Crippen LogP contribution < -0.4 is 10.8 Å². The SMILES string of the molecule is CC1(C)OB(c2cccc(NC(=O)N3CCSCC3)c2)OC1(C)C. The van der Waals surface area contributed by atoms with Crippen LogP contribution in [0.2, 0.25) is 0 Å². The Balaban J connectivity index is 1.70. The van der Waals surface area contributed by atoms with Crippen LogP contribution in [0.5, 0.6) is 0 Å². The van der Waals surface area contributed by atoms with Crippen molar-refractivity contribution >= 4 is 36.1 Å². The number of benzene rings is 1. The summed E-state index contributed by atoms with van der Waals surface area (Å²) in [5, 5.41) is 2.98. The van der Waals surface area contributed by atoms with Crippen molar-refractivity contribution in [2.45, 2.75) is 38.9 Å². The molecular formula is C17H25BN2O3S. The lowest BCUT2D eigenvalue weighted by molar-refractivity contribution is 0.00578. The second-order valence-corrected chi connectivity index (χ2v) is 8.47. The Morgan fingerprint density at radius 2 is 1.79 bits per heavy atom. The molecule has 3 rings (SSSR count). The number of anilines is 1. The Labute approximate surface area is 148 Å². The second kappa shape index (κ2) is 6.62. The van der Waals surface area contributed by atoms with E-state index in [9.17, 15) is 4.79 Å². The van der Waals surface area contributed by atoms with E-state index in [-0.39, 0.29) is 17.2 Å². The maximum atomic E-state index is 12.3. The minimum absolute atomic E-state index is 0.0404. The van der Waals surface area contributed by atoms with Crippen molar-refractivity contribution in [2.75, 3.05) is 29.9 Å².